The van der Waals surface area contributed by atoms with Gasteiger partial charge in [-0.15, -0.1) is 10.2 Å². The first kappa shape index (κ1) is 21.7. The van der Waals surface area contributed by atoms with Gasteiger partial charge in [0.25, 0.3) is 0 Å². The number of hydrogen-bond acceptors (Lipinski definition) is 6. The van der Waals surface area contributed by atoms with Crippen LogP contribution in [-0.4, -0.2) is 21.9 Å². The van der Waals surface area contributed by atoms with Gasteiger partial charge in [0, 0.05) is 29.3 Å². The summed E-state index contributed by atoms with van der Waals surface area (Å²) in [5.41, 5.74) is 1.38. The average Bonchev–Trinajstić information content (AvgIpc) is 3.26. The molecule has 8 heteroatoms. The van der Waals surface area contributed by atoms with Crippen LogP contribution in [0.4, 0.5) is 4.39 Å². The van der Waals surface area contributed by atoms with E-state index >= 15 is 0 Å². The smallest absolute Gasteiger partial charge is 0.336 e. The van der Waals surface area contributed by atoms with Crippen LogP contribution in [0.25, 0.3) is 22.4 Å². The highest BCUT2D eigenvalue weighted by molar-refractivity contribution is 7.98. The van der Waals surface area contributed by atoms with Gasteiger partial charge in [0.2, 0.25) is 0 Å². The van der Waals surface area contributed by atoms with E-state index in [0.717, 1.165) is 41.8 Å². The van der Waals surface area contributed by atoms with E-state index in [1.807, 2.05) is 18.2 Å². The number of halogens is 1. The van der Waals surface area contributed by atoms with Crippen LogP contribution < -0.4 is 10.4 Å². The van der Waals surface area contributed by atoms with Gasteiger partial charge in [0.05, 0.1) is 12.7 Å². The van der Waals surface area contributed by atoms with E-state index in [0.29, 0.717) is 28.5 Å². The first-order valence-electron chi connectivity index (χ1n) is 11.1. The summed E-state index contributed by atoms with van der Waals surface area (Å²) in [6, 6.07) is 13.9. The molecule has 5 rings (SSSR count). The van der Waals surface area contributed by atoms with Crippen molar-refractivity contribution in [2.45, 2.75) is 49.1 Å². The van der Waals surface area contributed by atoms with Gasteiger partial charge in [-0.3, -0.25) is 4.57 Å². The second kappa shape index (κ2) is 9.39. The maximum absolute atomic E-state index is 14.6. The van der Waals surface area contributed by atoms with Crippen LogP contribution in [0.15, 0.2) is 62.9 Å². The number of aromatic nitrogens is 3. The Kier molecular flexibility index (Phi) is 6.17. The van der Waals surface area contributed by atoms with E-state index in [-0.39, 0.29) is 11.9 Å². The van der Waals surface area contributed by atoms with Gasteiger partial charge in [0.1, 0.15) is 17.1 Å². The summed E-state index contributed by atoms with van der Waals surface area (Å²) in [7, 11) is 1.57. The molecule has 1 saturated carbocycles. The lowest BCUT2D eigenvalue weighted by atomic mass is 9.95. The largest absolute Gasteiger partial charge is 0.497 e. The zero-order chi connectivity index (χ0) is 22.8. The molecule has 6 nitrogen and oxygen atoms in total. The molecule has 2 heterocycles. The zero-order valence-corrected chi connectivity index (χ0v) is 19.1. The molecule has 4 aromatic rings. The summed E-state index contributed by atoms with van der Waals surface area (Å²) in [5, 5.41) is 10.4. The fraction of sp³-hybridized carbons (Fsp3) is 0.320. The summed E-state index contributed by atoms with van der Waals surface area (Å²) in [5.74, 6) is 1.39. The molecule has 0 saturated heterocycles. The van der Waals surface area contributed by atoms with Crippen LogP contribution in [0.5, 0.6) is 5.75 Å². The van der Waals surface area contributed by atoms with E-state index in [2.05, 4.69) is 14.8 Å². The molecule has 1 aliphatic carbocycles. The number of fused-ring (bicyclic) bond motifs is 1. The van der Waals surface area contributed by atoms with Crippen molar-refractivity contribution in [3.63, 3.8) is 0 Å². The molecule has 33 heavy (non-hydrogen) atoms. The fourth-order valence-corrected chi connectivity index (χ4v) is 5.47. The van der Waals surface area contributed by atoms with E-state index < -0.39 is 5.63 Å². The van der Waals surface area contributed by atoms with Crippen molar-refractivity contribution >= 4 is 22.7 Å². The second-order valence-electron chi connectivity index (χ2n) is 8.19. The maximum Gasteiger partial charge on any atom is 0.336 e. The van der Waals surface area contributed by atoms with Gasteiger partial charge >= 0.3 is 5.63 Å². The third-order valence-corrected chi connectivity index (χ3v) is 7.11. The second-order valence-corrected chi connectivity index (χ2v) is 9.13. The van der Waals surface area contributed by atoms with E-state index in [1.165, 1.54) is 30.3 Å². The number of thioether (sulfide) groups is 1. The lowest BCUT2D eigenvalue weighted by molar-refractivity contribution is 0.339. The number of hydrogen-bond donors (Lipinski definition) is 0. The van der Waals surface area contributed by atoms with Gasteiger partial charge in [-0.05, 0) is 42.7 Å². The predicted octanol–water partition coefficient (Wildman–Crippen LogP) is 6.00. The third kappa shape index (κ3) is 4.39. The highest BCUT2D eigenvalue weighted by Crippen LogP contribution is 2.37. The highest BCUT2D eigenvalue weighted by Gasteiger charge is 2.25. The van der Waals surface area contributed by atoms with Crippen molar-refractivity contribution in [3.8, 4) is 17.1 Å². The van der Waals surface area contributed by atoms with E-state index in [9.17, 15) is 9.18 Å². The van der Waals surface area contributed by atoms with Crippen LogP contribution in [0.1, 0.15) is 43.7 Å². The third-order valence-electron chi connectivity index (χ3n) is 6.11. The minimum Gasteiger partial charge on any atom is -0.497 e. The Labute approximate surface area is 194 Å². The Bertz CT molecular complexity index is 1340. The molecular weight excluding hydrogens is 441 g/mol. The van der Waals surface area contributed by atoms with Crippen LogP contribution >= 0.6 is 11.8 Å². The SMILES string of the molecule is COc1ccc2c(CSc3nnc(-c4ccccc4F)n3C3CCCCC3)cc(=O)oc2c1. The number of ether oxygens (including phenoxy) is 1. The molecule has 0 bridgehead atoms. The maximum atomic E-state index is 14.6. The molecule has 0 amide bonds. The van der Waals surface area contributed by atoms with Gasteiger partial charge in [-0.1, -0.05) is 43.2 Å². The first-order valence-corrected chi connectivity index (χ1v) is 12.1. The first-order chi connectivity index (χ1) is 16.1. The Morgan fingerprint density at radius 1 is 1.12 bits per heavy atom. The highest BCUT2D eigenvalue weighted by atomic mass is 32.2. The molecule has 2 aromatic carbocycles. The summed E-state index contributed by atoms with van der Waals surface area (Å²) < 4.78 is 27.3. The van der Waals surface area contributed by atoms with E-state index in [4.69, 9.17) is 9.15 Å². The van der Waals surface area contributed by atoms with Crippen molar-refractivity contribution in [1.82, 2.24) is 14.8 Å². The normalized spacial score (nSPS) is 14.6. The topological polar surface area (TPSA) is 70.2 Å². The van der Waals surface area contributed by atoms with Gasteiger partial charge < -0.3 is 9.15 Å². The lowest BCUT2D eigenvalue weighted by Gasteiger charge is -2.25. The summed E-state index contributed by atoms with van der Waals surface area (Å²) >= 11 is 1.50. The van der Waals surface area contributed by atoms with Crippen molar-refractivity contribution in [2.24, 2.45) is 0 Å². The Morgan fingerprint density at radius 3 is 2.73 bits per heavy atom. The molecule has 170 valence electrons. The van der Waals surface area contributed by atoms with Gasteiger partial charge in [0.15, 0.2) is 11.0 Å². The van der Waals surface area contributed by atoms with Crippen LogP contribution in [-0.2, 0) is 5.75 Å². The molecule has 0 radical (unpaired) electrons. The molecule has 2 aromatic heterocycles. The van der Waals surface area contributed by atoms with Crippen LogP contribution in [0.2, 0.25) is 0 Å². The quantitative estimate of drug-likeness (QED) is 0.257. The molecule has 0 spiro atoms. The number of benzene rings is 2. The standard InChI is InChI=1S/C25H24FN3O3S/c1-31-18-11-12-19-16(13-23(30)32-22(19)14-18)15-33-25-28-27-24(20-9-5-6-10-21(20)26)29(25)17-7-3-2-4-8-17/h5-6,9-14,17H,2-4,7-8,15H2,1H3. The summed E-state index contributed by atoms with van der Waals surface area (Å²) in [6.07, 6.45) is 5.52. The molecule has 0 aliphatic heterocycles. The average molecular weight is 466 g/mol. The lowest BCUT2D eigenvalue weighted by Crippen LogP contribution is -2.15. The molecule has 1 aliphatic rings. The van der Waals surface area contributed by atoms with Crippen molar-refractivity contribution in [2.75, 3.05) is 7.11 Å². The minimum atomic E-state index is -0.410. The Hall–Kier alpha value is -3.13. The minimum absolute atomic E-state index is 0.229. The molecule has 0 atom stereocenters. The molecule has 0 N–H and O–H groups in total. The molecule has 1 fully saturated rings. The predicted molar refractivity (Wildman–Crippen MR) is 126 cm³/mol. The summed E-state index contributed by atoms with van der Waals surface area (Å²) in [6.45, 7) is 0. The van der Waals surface area contributed by atoms with Crippen LogP contribution in [0.3, 0.4) is 0 Å². The van der Waals surface area contributed by atoms with Crippen LogP contribution in [0, 0.1) is 5.82 Å². The van der Waals surface area contributed by atoms with Crippen molar-refractivity contribution in [1.29, 1.82) is 0 Å². The fourth-order valence-electron chi connectivity index (χ4n) is 4.47. The Morgan fingerprint density at radius 2 is 1.94 bits per heavy atom. The molecule has 0 unspecified atom stereocenters. The van der Waals surface area contributed by atoms with Crippen molar-refractivity contribution in [3.05, 3.63) is 70.3 Å². The number of rotatable bonds is 6. The monoisotopic (exact) mass is 465 g/mol. The Balaban J connectivity index is 1.52. The number of methoxy groups -OCH3 is 1. The zero-order valence-electron chi connectivity index (χ0n) is 18.3. The van der Waals surface area contributed by atoms with E-state index in [1.54, 1.807) is 25.3 Å². The van der Waals surface area contributed by atoms with Crippen molar-refractivity contribution < 1.29 is 13.5 Å². The van der Waals surface area contributed by atoms with Gasteiger partial charge in [-0.25, -0.2) is 9.18 Å². The summed E-state index contributed by atoms with van der Waals surface area (Å²) in [4.78, 5) is 12.2. The molecular formula is C25H24FN3O3S. The number of nitrogens with zero attached hydrogens (tertiary/aromatic N) is 3. The van der Waals surface area contributed by atoms with Gasteiger partial charge in [-0.2, -0.15) is 0 Å².